The predicted octanol–water partition coefficient (Wildman–Crippen LogP) is 0.141. The van der Waals surface area contributed by atoms with Gasteiger partial charge in [-0.25, -0.2) is 0 Å². The van der Waals surface area contributed by atoms with Crippen LogP contribution in [0.25, 0.3) is 0 Å². The number of benzene rings is 1. The maximum atomic E-state index is 12.3. The molecule has 0 bridgehead atoms. The second-order valence-corrected chi connectivity index (χ2v) is 6.27. The molecular formula is C17H24N4O4. The molecule has 2 amide bonds. The van der Waals surface area contributed by atoms with Crippen molar-refractivity contribution in [3.63, 3.8) is 0 Å². The molecule has 1 fully saturated rings. The zero-order valence-electron chi connectivity index (χ0n) is 14.1. The van der Waals surface area contributed by atoms with Gasteiger partial charge in [-0.1, -0.05) is 0 Å². The number of fused-ring (bicyclic) bond motifs is 1. The number of rotatable bonds is 6. The number of nitrogens with zero attached hydrogens (tertiary/aromatic N) is 1. The third kappa shape index (κ3) is 4.61. The van der Waals surface area contributed by atoms with Gasteiger partial charge in [0.2, 0.25) is 18.6 Å². The number of carbonyl (C=O) groups is 2. The first-order valence-electron chi connectivity index (χ1n) is 8.55. The normalized spacial score (nSPS) is 19.5. The summed E-state index contributed by atoms with van der Waals surface area (Å²) < 4.78 is 10.6. The van der Waals surface area contributed by atoms with Gasteiger partial charge in [0.15, 0.2) is 11.5 Å². The van der Waals surface area contributed by atoms with E-state index in [0.29, 0.717) is 36.8 Å². The minimum Gasteiger partial charge on any atom is -0.454 e. The summed E-state index contributed by atoms with van der Waals surface area (Å²) >= 11 is 0. The van der Waals surface area contributed by atoms with Crippen molar-refractivity contribution < 1.29 is 19.1 Å². The van der Waals surface area contributed by atoms with Crippen LogP contribution >= 0.6 is 0 Å². The monoisotopic (exact) mass is 348 g/mol. The van der Waals surface area contributed by atoms with Crippen molar-refractivity contribution in [3.05, 3.63) is 18.2 Å². The van der Waals surface area contributed by atoms with Gasteiger partial charge in [0.05, 0.1) is 12.5 Å². The van der Waals surface area contributed by atoms with Crippen LogP contribution in [-0.2, 0) is 9.59 Å². The Bertz CT molecular complexity index is 637. The van der Waals surface area contributed by atoms with Crippen LogP contribution in [0.3, 0.4) is 0 Å². The summed E-state index contributed by atoms with van der Waals surface area (Å²) in [5.41, 5.74) is 6.08. The largest absolute Gasteiger partial charge is 0.454 e. The molecular weight excluding hydrogens is 324 g/mol. The molecule has 136 valence electrons. The second kappa shape index (κ2) is 8.17. The first-order chi connectivity index (χ1) is 12.2. The third-order valence-electron chi connectivity index (χ3n) is 4.34. The second-order valence-electron chi connectivity index (χ2n) is 6.27. The van der Waals surface area contributed by atoms with Gasteiger partial charge in [0.1, 0.15) is 0 Å². The summed E-state index contributed by atoms with van der Waals surface area (Å²) in [5.74, 6) is 1.14. The standard InChI is InChI=1S/C17H24N4O4/c18-5-6-19-17(23)12-2-1-7-21(9-12)10-16(22)20-13-3-4-14-15(8-13)25-11-24-14/h3-4,8,12H,1-2,5-7,9-11,18H2,(H,19,23)(H,20,22). The van der Waals surface area contributed by atoms with E-state index in [1.807, 2.05) is 4.90 Å². The average Bonchev–Trinajstić information content (AvgIpc) is 3.07. The zero-order chi connectivity index (χ0) is 17.6. The molecule has 1 aromatic rings. The molecule has 0 spiro atoms. The smallest absolute Gasteiger partial charge is 0.238 e. The maximum absolute atomic E-state index is 12.3. The molecule has 2 aliphatic rings. The molecule has 4 N–H and O–H groups in total. The quantitative estimate of drug-likeness (QED) is 0.675. The lowest BCUT2D eigenvalue weighted by Crippen LogP contribution is -2.46. The summed E-state index contributed by atoms with van der Waals surface area (Å²) in [6.07, 6.45) is 1.74. The molecule has 1 atom stereocenters. The van der Waals surface area contributed by atoms with Gasteiger partial charge in [0, 0.05) is 31.4 Å². The molecule has 0 radical (unpaired) electrons. The van der Waals surface area contributed by atoms with Crippen LogP contribution in [0.1, 0.15) is 12.8 Å². The van der Waals surface area contributed by atoms with Crippen molar-refractivity contribution in [3.8, 4) is 11.5 Å². The summed E-state index contributed by atoms with van der Waals surface area (Å²) in [4.78, 5) is 26.4. The first kappa shape index (κ1) is 17.5. The van der Waals surface area contributed by atoms with Gasteiger partial charge < -0.3 is 25.8 Å². The average molecular weight is 348 g/mol. The van der Waals surface area contributed by atoms with Crippen LogP contribution in [-0.4, -0.2) is 56.2 Å². The van der Waals surface area contributed by atoms with Gasteiger partial charge in [0.25, 0.3) is 0 Å². The number of carbonyl (C=O) groups excluding carboxylic acids is 2. The lowest BCUT2D eigenvalue weighted by molar-refractivity contribution is -0.127. The molecule has 0 aromatic heterocycles. The highest BCUT2D eigenvalue weighted by Gasteiger charge is 2.26. The predicted molar refractivity (Wildman–Crippen MR) is 92.4 cm³/mol. The third-order valence-corrected chi connectivity index (χ3v) is 4.34. The van der Waals surface area contributed by atoms with E-state index in [0.717, 1.165) is 19.4 Å². The van der Waals surface area contributed by atoms with E-state index < -0.39 is 0 Å². The molecule has 8 heteroatoms. The molecule has 3 rings (SSSR count). The molecule has 1 saturated heterocycles. The molecule has 1 aromatic carbocycles. The topological polar surface area (TPSA) is 106 Å². The van der Waals surface area contributed by atoms with Crippen LogP contribution in [0.2, 0.25) is 0 Å². The molecule has 2 heterocycles. The van der Waals surface area contributed by atoms with Crippen molar-refractivity contribution in [2.24, 2.45) is 11.7 Å². The number of nitrogens with one attached hydrogen (secondary N) is 2. The SMILES string of the molecule is NCCNC(=O)C1CCCN(CC(=O)Nc2ccc3c(c2)OCO3)C1. The number of hydrogen-bond donors (Lipinski definition) is 3. The Hall–Kier alpha value is -2.32. The number of amides is 2. The van der Waals surface area contributed by atoms with E-state index in [-0.39, 0.29) is 31.1 Å². The fraction of sp³-hybridized carbons (Fsp3) is 0.529. The fourth-order valence-corrected chi connectivity index (χ4v) is 3.13. The minimum atomic E-state index is -0.109. The molecule has 8 nitrogen and oxygen atoms in total. The van der Waals surface area contributed by atoms with Crippen molar-refractivity contribution in [2.75, 3.05) is 44.8 Å². The van der Waals surface area contributed by atoms with Crippen LogP contribution in [0.15, 0.2) is 18.2 Å². The lowest BCUT2D eigenvalue weighted by Gasteiger charge is -2.31. The van der Waals surface area contributed by atoms with Crippen molar-refractivity contribution in [1.82, 2.24) is 10.2 Å². The van der Waals surface area contributed by atoms with Crippen LogP contribution < -0.4 is 25.8 Å². The van der Waals surface area contributed by atoms with Crippen LogP contribution in [0.4, 0.5) is 5.69 Å². The number of likely N-dealkylation sites (tertiary alicyclic amines) is 1. The van der Waals surface area contributed by atoms with Gasteiger partial charge >= 0.3 is 0 Å². The highest BCUT2D eigenvalue weighted by atomic mass is 16.7. The number of piperidine rings is 1. The Labute approximate surface area is 146 Å². The van der Waals surface area contributed by atoms with E-state index in [4.69, 9.17) is 15.2 Å². The first-order valence-corrected chi connectivity index (χ1v) is 8.55. The number of nitrogens with two attached hydrogens (primary N) is 1. The van der Waals surface area contributed by atoms with Crippen molar-refractivity contribution in [2.45, 2.75) is 12.8 Å². The van der Waals surface area contributed by atoms with Crippen LogP contribution in [0, 0.1) is 5.92 Å². The zero-order valence-corrected chi connectivity index (χ0v) is 14.1. The highest BCUT2D eigenvalue weighted by Crippen LogP contribution is 2.34. The summed E-state index contributed by atoms with van der Waals surface area (Å²) in [6.45, 7) is 2.78. The molecule has 0 saturated carbocycles. The lowest BCUT2D eigenvalue weighted by atomic mass is 9.97. The minimum absolute atomic E-state index is 0.0197. The Kier molecular flexibility index (Phi) is 5.72. The molecule has 2 aliphatic heterocycles. The van der Waals surface area contributed by atoms with E-state index in [1.54, 1.807) is 18.2 Å². The van der Waals surface area contributed by atoms with Gasteiger partial charge in [-0.2, -0.15) is 0 Å². The van der Waals surface area contributed by atoms with E-state index in [2.05, 4.69) is 10.6 Å². The van der Waals surface area contributed by atoms with Crippen LogP contribution in [0.5, 0.6) is 11.5 Å². The van der Waals surface area contributed by atoms with Crippen molar-refractivity contribution in [1.29, 1.82) is 0 Å². The Balaban J connectivity index is 1.49. The Morgan fingerprint density at radius 3 is 2.96 bits per heavy atom. The molecule has 0 aliphatic carbocycles. The van der Waals surface area contributed by atoms with Gasteiger partial charge in [-0.15, -0.1) is 0 Å². The Morgan fingerprint density at radius 1 is 1.28 bits per heavy atom. The highest BCUT2D eigenvalue weighted by molar-refractivity contribution is 5.92. The summed E-state index contributed by atoms with van der Waals surface area (Å²) in [7, 11) is 0. The van der Waals surface area contributed by atoms with E-state index in [1.165, 1.54) is 0 Å². The van der Waals surface area contributed by atoms with Crippen molar-refractivity contribution >= 4 is 17.5 Å². The summed E-state index contributed by atoms with van der Waals surface area (Å²) in [6, 6.07) is 5.31. The van der Waals surface area contributed by atoms with E-state index in [9.17, 15) is 9.59 Å². The fourth-order valence-electron chi connectivity index (χ4n) is 3.13. The Morgan fingerprint density at radius 2 is 2.12 bits per heavy atom. The summed E-state index contributed by atoms with van der Waals surface area (Å²) in [5, 5.41) is 5.69. The van der Waals surface area contributed by atoms with E-state index >= 15 is 0 Å². The number of ether oxygens (including phenoxy) is 2. The van der Waals surface area contributed by atoms with Gasteiger partial charge in [-0.3, -0.25) is 14.5 Å². The number of anilines is 1. The van der Waals surface area contributed by atoms with Gasteiger partial charge in [-0.05, 0) is 31.5 Å². The maximum Gasteiger partial charge on any atom is 0.238 e. The number of hydrogen-bond acceptors (Lipinski definition) is 6. The molecule has 1 unspecified atom stereocenters. The molecule has 25 heavy (non-hydrogen) atoms.